The first-order chi connectivity index (χ1) is 7.20. The molecule has 0 spiro atoms. The van der Waals surface area contributed by atoms with Crippen molar-refractivity contribution >= 4 is 23.7 Å². The first kappa shape index (κ1) is 13.3. The Bertz CT molecular complexity index is 312. The highest BCUT2D eigenvalue weighted by Crippen LogP contribution is 2.42. The van der Waals surface area contributed by atoms with E-state index in [0.29, 0.717) is 5.75 Å². The van der Waals surface area contributed by atoms with Gasteiger partial charge in [0, 0.05) is 0 Å². The van der Waals surface area contributed by atoms with Crippen LogP contribution in [0.15, 0.2) is 0 Å². The molecule has 0 amide bonds. The largest absolute Gasteiger partial charge is 0.480 e. The first-order valence-electron chi connectivity index (χ1n) is 5.04. The van der Waals surface area contributed by atoms with Gasteiger partial charge in [-0.05, 0) is 32.9 Å². The van der Waals surface area contributed by atoms with Crippen molar-refractivity contribution in [3.8, 4) is 0 Å². The van der Waals surface area contributed by atoms with Crippen LogP contribution in [0.1, 0.15) is 27.2 Å². The number of hydrogen-bond acceptors (Lipinski definition) is 5. The van der Waals surface area contributed by atoms with Gasteiger partial charge < -0.3 is 15.6 Å². The van der Waals surface area contributed by atoms with Crippen molar-refractivity contribution in [2.45, 2.75) is 38.2 Å². The smallest absolute Gasteiger partial charge is 0.326 e. The van der Waals surface area contributed by atoms with Gasteiger partial charge in [-0.15, -0.1) is 11.8 Å². The summed E-state index contributed by atoms with van der Waals surface area (Å²) in [5.74, 6) is -1.36. The van der Waals surface area contributed by atoms with Crippen molar-refractivity contribution in [1.82, 2.24) is 0 Å². The first-order valence-corrected chi connectivity index (χ1v) is 6.09. The van der Waals surface area contributed by atoms with Crippen LogP contribution in [0.5, 0.6) is 0 Å². The topological polar surface area (TPSA) is 89.6 Å². The lowest BCUT2D eigenvalue weighted by Crippen LogP contribution is -2.51. The van der Waals surface area contributed by atoms with Crippen molar-refractivity contribution in [2.24, 2.45) is 11.1 Å². The number of thioether (sulfide) groups is 1. The Morgan fingerprint density at radius 2 is 2.06 bits per heavy atom. The van der Waals surface area contributed by atoms with Gasteiger partial charge in [0.05, 0.1) is 5.37 Å². The molecule has 0 saturated carbocycles. The van der Waals surface area contributed by atoms with Gasteiger partial charge in [0.25, 0.3) is 0 Å². The molecule has 16 heavy (non-hydrogen) atoms. The summed E-state index contributed by atoms with van der Waals surface area (Å²) in [4.78, 5) is 23.2. The molecule has 1 rings (SSSR count). The summed E-state index contributed by atoms with van der Waals surface area (Å²) in [5, 5.41) is 8.47. The Morgan fingerprint density at radius 1 is 1.50 bits per heavy atom. The van der Waals surface area contributed by atoms with Gasteiger partial charge in [-0.2, -0.15) is 0 Å². The van der Waals surface area contributed by atoms with Crippen LogP contribution in [0.2, 0.25) is 0 Å². The molecule has 0 aliphatic carbocycles. The van der Waals surface area contributed by atoms with Crippen LogP contribution in [-0.4, -0.2) is 33.8 Å². The van der Waals surface area contributed by atoms with E-state index in [0.717, 1.165) is 0 Å². The molecule has 0 radical (unpaired) electrons. The van der Waals surface area contributed by atoms with E-state index in [1.54, 1.807) is 20.8 Å². The molecular weight excluding hydrogens is 230 g/mol. The van der Waals surface area contributed by atoms with Gasteiger partial charge in [0.15, 0.2) is 5.41 Å². The Hall–Kier alpha value is -0.750. The normalized spacial score (nSPS) is 30.1. The Morgan fingerprint density at radius 3 is 2.38 bits per heavy atom. The molecule has 1 aliphatic heterocycles. The number of hydrogen-bond donors (Lipinski definition) is 2. The maximum absolute atomic E-state index is 11.9. The Labute approximate surface area is 98.7 Å². The van der Waals surface area contributed by atoms with E-state index >= 15 is 0 Å². The number of esters is 1. The lowest BCUT2D eigenvalue weighted by molar-refractivity contribution is -0.176. The second-order valence-corrected chi connectivity index (χ2v) is 6.07. The molecule has 0 aromatic carbocycles. The highest BCUT2D eigenvalue weighted by molar-refractivity contribution is 8.00. The van der Waals surface area contributed by atoms with E-state index in [-0.39, 0.29) is 6.42 Å². The van der Waals surface area contributed by atoms with Gasteiger partial charge in [-0.1, -0.05) is 0 Å². The van der Waals surface area contributed by atoms with E-state index in [9.17, 15) is 14.7 Å². The van der Waals surface area contributed by atoms with Crippen LogP contribution in [0.4, 0.5) is 0 Å². The lowest BCUT2D eigenvalue weighted by Gasteiger charge is -2.30. The highest BCUT2D eigenvalue weighted by atomic mass is 32.2. The number of carbonyl (C=O) groups excluding carboxylic acids is 1. The molecule has 6 heteroatoms. The minimum absolute atomic E-state index is 0.225. The molecule has 5 nitrogen and oxygen atoms in total. The molecule has 1 unspecified atom stereocenters. The number of nitrogens with two attached hydrogens (primary N) is 1. The van der Waals surface area contributed by atoms with E-state index in [1.807, 2.05) is 0 Å². The van der Waals surface area contributed by atoms with E-state index in [4.69, 9.17) is 10.5 Å². The van der Waals surface area contributed by atoms with E-state index in [2.05, 4.69) is 0 Å². The summed E-state index contributed by atoms with van der Waals surface area (Å²) in [6.07, 6.45) is 0.225. The molecule has 92 valence electrons. The van der Waals surface area contributed by atoms with Crippen molar-refractivity contribution in [3.63, 3.8) is 0 Å². The van der Waals surface area contributed by atoms with Gasteiger partial charge in [-0.25, -0.2) is 0 Å². The minimum atomic E-state index is -1.59. The number of aliphatic carboxylic acids is 1. The van der Waals surface area contributed by atoms with Crippen molar-refractivity contribution < 1.29 is 19.4 Å². The maximum atomic E-state index is 11.9. The summed E-state index contributed by atoms with van der Waals surface area (Å²) in [6, 6.07) is 0. The monoisotopic (exact) mass is 247 g/mol. The van der Waals surface area contributed by atoms with Crippen LogP contribution >= 0.6 is 11.8 Å². The number of carboxylic acids is 1. The molecule has 0 bridgehead atoms. The summed E-state index contributed by atoms with van der Waals surface area (Å²) in [6.45, 7) is 5.11. The zero-order valence-corrected chi connectivity index (χ0v) is 10.5. The molecule has 2 atom stereocenters. The molecule has 1 saturated heterocycles. The average molecular weight is 247 g/mol. The summed E-state index contributed by atoms with van der Waals surface area (Å²) in [5.41, 5.74) is 3.43. The van der Waals surface area contributed by atoms with E-state index < -0.39 is 28.3 Å². The SMILES string of the molecule is CC(C)(C)OC(=O)C1(C(=O)O)CCS[C@H]1N. The zero-order chi connectivity index (χ0) is 12.6. The van der Waals surface area contributed by atoms with Crippen LogP contribution in [-0.2, 0) is 14.3 Å². The maximum Gasteiger partial charge on any atom is 0.326 e. The Kier molecular flexibility index (Phi) is 3.54. The van der Waals surface area contributed by atoms with Crippen molar-refractivity contribution in [1.29, 1.82) is 0 Å². The molecule has 3 N–H and O–H groups in total. The van der Waals surface area contributed by atoms with Gasteiger partial charge >= 0.3 is 11.9 Å². The molecule has 0 aromatic heterocycles. The van der Waals surface area contributed by atoms with Crippen LogP contribution in [0.25, 0.3) is 0 Å². The molecule has 0 aromatic rings. The second kappa shape index (κ2) is 4.25. The third kappa shape index (κ3) is 2.32. The molecule has 1 aliphatic rings. The quantitative estimate of drug-likeness (QED) is 0.554. The predicted molar refractivity (Wildman–Crippen MR) is 61.0 cm³/mol. The second-order valence-electron chi connectivity index (χ2n) is 4.82. The lowest BCUT2D eigenvalue weighted by atomic mass is 9.85. The van der Waals surface area contributed by atoms with Gasteiger partial charge in [-0.3, -0.25) is 9.59 Å². The number of carboxylic acid groups (broad SMARTS) is 1. The van der Waals surface area contributed by atoms with E-state index in [1.165, 1.54) is 11.8 Å². The highest BCUT2D eigenvalue weighted by Gasteiger charge is 2.56. The molecule has 1 fully saturated rings. The number of ether oxygens (including phenoxy) is 1. The number of carbonyl (C=O) groups is 2. The zero-order valence-electron chi connectivity index (χ0n) is 9.65. The third-order valence-corrected chi connectivity index (χ3v) is 3.63. The molecule has 1 heterocycles. The van der Waals surface area contributed by atoms with Gasteiger partial charge in [0.1, 0.15) is 5.60 Å². The fourth-order valence-electron chi connectivity index (χ4n) is 1.53. The van der Waals surface area contributed by atoms with Crippen LogP contribution < -0.4 is 5.73 Å². The third-order valence-electron chi connectivity index (χ3n) is 2.42. The summed E-state index contributed by atoms with van der Waals surface area (Å²) >= 11 is 1.28. The number of rotatable bonds is 2. The Balaban J connectivity index is 2.95. The van der Waals surface area contributed by atoms with Crippen LogP contribution in [0.3, 0.4) is 0 Å². The van der Waals surface area contributed by atoms with Gasteiger partial charge in [0.2, 0.25) is 0 Å². The van der Waals surface area contributed by atoms with Crippen molar-refractivity contribution in [2.75, 3.05) is 5.75 Å². The summed E-state index contributed by atoms with van der Waals surface area (Å²) in [7, 11) is 0. The average Bonchev–Trinajstić information content (AvgIpc) is 2.44. The molecular formula is C10H17NO4S. The fraction of sp³-hybridized carbons (Fsp3) is 0.800. The predicted octanol–water partition coefficient (Wildman–Crippen LogP) is 0.821. The van der Waals surface area contributed by atoms with Crippen molar-refractivity contribution in [3.05, 3.63) is 0 Å². The minimum Gasteiger partial charge on any atom is -0.480 e. The summed E-state index contributed by atoms with van der Waals surface area (Å²) < 4.78 is 5.14. The standard InChI is InChI=1S/C10H17NO4S/c1-9(2,3)15-8(14)10(7(12)13)4-5-16-6(10)11/h6H,4-5,11H2,1-3H3,(H,12,13)/t6-,10?/m1/s1. The van der Waals surface area contributed by atoms with Crippen LogP contribution in [0, 0.1) is 5.41 Å². The fourth-order valence-corrected chi connectivity index (χ4v) is 2.83.